The lowest BCUT2D eigenvalue weighted by molar-refractivity contribution is -0.133. The zero-order valence-electron chi connectivity index (χ0n) is 18.5. The summed E-state index contributed by atoms with van der Waals surface area (Å²) in [5, 5.41) is 0. The van der Waals surface area contributed by atoms with E-state index in [2.05, 4.69) is 13.8 Å². The van der Waals surface area contributed by atoms with Crippen molar-refractivity contribution in [1.29, 1.82) is 0 Å². The minimum Gasteiger partial charge on any atom is -0.366 e. The minimum absolute atomic E-state index is 0.0485. The van der Waals surface area contributed by atoms with Crippen LogP contribution < -0.4 is 4.90 Å². The van der Waals surface area contributed by atoms with Gasteiger partial charge in [0.2, 0.25) is 11.8 Å². The van der Waals surface area contributed by atoms with E-state index in [4.69, 9.17) is 0 Å². The second-order valence-corrected chi connectivity index (χ2v) is 7.82. The molecule has 1 fully saturated rings. The Labute approximate surface area is 179 Å². The first-order valence-corrected chi connectivity index (χ1v) is 11.0. The number of carbonyl (C=O) groups is 3. The highest BCUT2D eigenvalue weighted by atomic mass is 19.1. The fourth-order valence-electron chi connectivity index (χ4n) is 3.79. The van der Waals surface area contributed by atoms with Crippen LogP contribution in [0.3, 0.4) is 0 Å². The third-order valence-corrected chi connectivity index (χ3v) is 5.45. The highest BCUT2D eigenvalue weighted by molar-refractivity contribution is 5.94. The van der Waals surface area contributed by atoms with Crippen molar-refractivity contribution >= 4 is 23.3 Å². The second-order valence-electron chi connectivity index (χ2n) is 7.82. The molecule has 2 rings (SSSR count). The van der Waals surface area contributed by atoms with Crippen molar-refractivity contribution in [3.05, 3.63) is 29.6 Å². The van der Waals surface area contributed by atoms with E-state index in [1.807, 2.05) is 9.80 Å². The van der Waals surface area contributed by atoms with E-state index in [1.165, 1.54) is 13.0 Å². The number of piperazine rings is 1. The van der Waals surface area contributed by atoms with Gasteiger partial charge >= 0.3 is 0 Å². The van der Waals surface area contributed by atoms with Crippen LogP contribution >= 0.6 is 0 Å². The van der Waals surface area contributed by atoms with Crippen LogP contribution in [0.1, 0.15) is 63.2 Å². The zero-order valence-corrected chi connectivity index (χ0v) is 18.5. The van der Waals surface area contributed by atoms with Gasteiger partial charge in [0, 0.05) is 57.7 Å². The number of carbonyl (C=O) groups excluding carboxylic acids is 3. The largest absolute Gasteiger partial charge is 0.366 e. The molecule has 1 heterocycles. The summed E-state index contributed by atoms with van der Waals surface area (Å²) in [7, 11) is 0. The summed E-state index contributed by atoms with van der Waals surface area (Å²) < 4.78 is 14.4. The van der Waals surface area contributed by atoms with E-state index in [1.54, 1.807) is 17.0 Å². The molecule has 0 atom stereocenters. The van der Waals surface area contributed by atoms with E-state index < -0.39 is 5.82 Å². The van der Waals surface area contributed by atoms with Gasteiger partial charge in [0.05, 0.1) is 5.69 Å². The minimum atomic E-state index is -0.412. The Hall–Kier alpha value is -2.44. The summed E-state index contributed by atoms with van der Waals surface area (Å²) in [6, 6.07) is 4.54. The van der Waals surface area contributed by atoms with Crippen LogP contribution in [-0.2, 0) is 9.59 Å². The summed E-state index contributed by atoms with van der Waals surface area (Å²) in [5.41, 5.74) is 0.820. The molecule has 0 spiro atoms. The summed E-state index contributed by atoms with van der Waals surface area (Å²) in [6.07, 6.45) is 3.20. The molecule has 30 heavy (non-hydrogen) atoms. The quantitative estimate of drug-likeness (QED) is 0.545. The van der Waals surface area contributed by atoms with Gasteiger partial charge in [-0.25, -0.2) is 4.39 Å². The Bertz CT molecular complexity index is 739. The monoisotopic (exact) mass is 419 g/mol. The number of ketones is 1. The first-order valence-electron chi connectivity index (χ1n) is 11.0. The lowest BCUT2D eigenvalue weighted by Gasteiger charge is -2.36. The predicted molar refractivity (Wildman–Crippen MR) is 116 cm³/mol. The SMILES string of the molecule is CCCN(CCC)C(=O)CCCC(=O)N1CCN(c2ccc(C(C)=O)cc2F)CC1. The normalized spacial score (nSPS) is 14.0. The number of benzene rings is 1. The van der Waals surface area contributed by atoms with Gasteiger partial charge in [-0.05, 0) is 44.4 Å². The van der Waals surface area contributed by atoms with Gasteiger partial charge in [0.15, 0.2) is 5.78 Å². The standard InChI is InChI=1S/C23H34FN3O3/c1-4-11-26(12-5-2)22(29)7-6-8-23(30)27-15-13-25(14-16-27)21-10-9-19(18(3)28)17-20(21)24/h9-10,17H,4-8,11-16H2,1-3H3. The lowest BCUT2D eigenvalue weighted by Crippen LogP contribution is -2.49. The maximum Gasteiger partial charge on any atom is 0.222 e. The lowest BCUT2D eigenvalue weighted by atomic mass is 10.1. The Morgan fingerprint density at radius 1 is 1.00 bits per heavy atom. The number of anilines is 1. The molecule has 0 aromatic heterocycles. The highest BCUT2D eigenvalue weighted by Gasteiger charge is 2.23. The molecule has 1 aliphatic rings. The second kappa shape index (κ2) is 11.7. The first-order chi connectivity index (χ1) is 14.4. The van der Waals surface area contributed by atoms with Crippen molar-refractivity contribution < 1.29 is 18.8 Å². The fourth-order valence-corrected chi connectivity index (χ4v) is 3.79. The summed E-state index contributed by atoms with van der Waals surface area (Å²) >= 11 is 0. The number of Topliss-reactive ketones (excluding diaryl/α,β-unsaturated/α-hetero) is 1. The molecule has 0 bridgehead atoms. The molecular formula is C23H34FN3O3. The molecule has 0 unspecified atom stereocenters. The van der Waals surface area contributed by atoms with Gasteiger partial charge in [-0.3, -0.25) is 14.4 Å². The first kappa shape index (κ1) is 23.8. The molecule has 6 nitrogen and oxygen atoms in total. The number of amides is 2. The van der Waals surface area contributed by atoms with Crippen LogP contribution in [0.4, 0.5) is 10.1 Å². The molecule has 7 heteroatoms. The zero-order chi connectivity index (χ0) is 22.1. The van der Waals surface area contributed by atoms with Crippen LogP contribution in [0, 0.1) is 5.82 Å². The number of hydrogen-bond acceptors (Lipinski definition) is 4. The van der Waals surface area contributed by atoms with Crippen molar-refractivity contribution in [3.63, 3.8) is 0 Å². The summed E-state index contributed by atoms with van der Waals surface area (Å²) in [6.45, 7) is 9.21. The third kappa shape index (κ3) is 6.54. The van der Waals surface area contributed by atoms with Gasteiger partial charge in [0.25, 0.3) is 0 Å². The average Bonchev–Trinajstić information content (AvgIpc) is 2.73. The van der Waals surface area contributed by atoms with Gasteiger partial charge in [-0.1, -0.05) is 13.8 Å². The summed E-state index contributed by atoms with van der Waals surface area (Å²) in [5.74, 6) is -0.403. The van der Waals surface area contributed by atoms with Crippen molar-refractivity contribution in [2.45, 2.75) is 52.9 Å². The number of nitrogens with zero attached hydrogens (tertiary/aromatic N) is 3. The van der Waals surface area contributed by atoms with E-state index in [0.29, 0.717) is 56.7 Å². The van der Waals surface area contributed by atoms with Crippen LogP contribution in [0.15, 0.2) is 18.2 Å². The summed E-state index contributed by atoms with van der Waals surface area (Å²) in [4.78, 5) is 41.8. The van der Waals surface area contributed by atoms with E-state index >= 15 is 0 Å². The van der Waals surface area contributed by atoms with Gasteiger partial charge in [-0.15, -0.1) is 0 Å². The maximum atomic E-state index is 14.4. The topological polar surface area (TPSA) is 60.9 Å². The molecule has 0 saturated carbocycles. The van der Waals surface area contributed by atoms with E-state index in [9.17, 15) is 18.8 Å². The van der Waals surface area contributed by atoms with Crippen molar-refractivity contribution in [3.8, 4) is 0 Å². The Balaban J connectivity index is 1.79. The molecule has 1 aromatic carbocycles. The molecule has 2 amide bonds. The van der Waals surface area contributed by atoms with Gasteiger partial charge in [0.1, 0.15) is 5.82 Å². The molecule has 1 aliphatic heterocycles. The Morgan fingerprint density at radius 3 is 2.17 bits per heavy atom. The Morgan fingerprint density at radius 2 is 1.63 bits per heavy atom. The predicted octanol–water partition coefficient (Wildman–Crippen LogP) is 3.50. The smallest absolute Gasteiger partial charge is 0.222 e. The van der Waals surface area contributed by atoms with Crippen molar-refractivity contribution in [2.24, 2.45) is 0 Å². The van der Waals surface area contributed by atoms with Gasteiger partial charge in [-0.2, -0.15) is 0 Å². The molecule has 1 aromatic rings. The van der Waals surface area contributed by atoms with Crippen LogP contribution in [0.2, 0.25) is 0 Å². The van der Waals surface area contributed by atoms with Crippen LogP contribution in [0.5, 0.6) is 0 Å². The van der Waals surface area contributed by atoms with Gasteiger partial charge < -0.3 is 14.7 Å². The number of rotatable bonds is 10. The fraction of sp³-hybridized carbons (Fsp3) is 0.609. The molecule has 0 radical (unpaired) electrons. The highest BCUT2D eigenvalue weighted by Crippen LogP contribution is 2.22. The maximum absolute atomic E-state index is 14.4. The average molecular weight is 420 g/mol. The van der Waals surface area contributed by atoms with Crippen LogP contribution in [0.25, 0.3) is 0 Å². The third-order valence-electron chi connectivity index (χ3n) is 5.45. The molecular weight excluding hydrogens is 385 g/mol. The van der Waals surface area contributed by atoms with Crippen LogP contribution in [-0.4, -0.2) is 66.7 Å². The number of hydrogen-bond donors (Lipinski definition) is 0. The van der Waals surface area contributed by atoms with E-state index in [0.717, 1.165) is 25.9 Å². The molecule has 0 N–H and O–H groups in total. The molecule has 1 saturated heterocycles. The van der Waals surface area contributed by atoms with Crippen molar-refractivity contribution in [2.75, 3.05) is 44.2 Å². The molecule has 0 aliphatic carbocycles. The van der Waals surface area contributed by atoms with E-state index in [-0.39, 0.29) is 17.6 Å². The number of halogens is 1. The molecule has 166 valence electrons. The Kier molecular flexibility index (Phi) is 9.27. The van der Waals surface area contributed by atoms with Crippen molar-refractivity contribution in [1.82, 2.24) is 9.80 Å².